The summed E-state index contributed by atoms with van der Waals surface area (Å²) in [6.07, 6.45) is 0.0921. The van der Waals surface area contributed by atoms with E-state index >= 15 is 0 Å². The number of urea groups is 1. The number of rotatable bonds is 6. The van der Waals surface area contributed by atoms with Gasteiger partial charge in [-0.2, -0.15) is 0 Å². The van der Waals surface area contributed by atoms with Crippen molar-refractivity contribution < 1.29 is 14.3 Å². The van der Waals surface area contributed by atoms with E-state index in [1.54, 1.807) is 12.5 Å². The molecule has 0 bridgehead atoms. The summed E-state index contributed by atoms with van der Waals surface area (Å²) in [6.45, 7) is 3.92. The van der Waals surface area contributed by atoms with Crippen LogP contribution >= 0.6 is 11.3 Å². The molecule has 0 saturated heterocycles. The number of nitrogens with one attached hydrogen (secondary N) is 3. The lowest BCUT2D eigenvalue weighted by Gasteiger charge is -2.10. The van der Waals surface area contributed by atoms with Crippen molar-refractivity contribution >= 4 is 39.8 Å². The summed E-state index contributed by atoms with van der Waals surface area (Å²) in [6, 6.07) is 12.7. The summed E-state index contributed by atoms with van der Waals surface area (Å²) in [7, 11) is 1.56. The second-order valence-corrected chi connectivity index (χ2v) is 7.38. The highest BCUT2D eigenvalue weighted by atomic mass is 32.1. The average Bonchev–Trinajstić information content (AvgIpc) is 3.10. The summed E-state index contributed by atoms with van der Waals surface area (Å²) >= 11 is 1.26. The van der Waals surface area contributed by atoms with Crippen molar-refractivity contribution in [1.82, 2.24) is 4.98 Å². The van der Waals surface area contributed by atoms with Gasteiger partial charge in [-0.25, -0.2) is 9.78 Å². The summed E-state index contributed by atoms with van der Waals surface area (Å²) in [5, 5.41) is 10.4. The Bertz CT molecular complexity index is 1020. The van der Waals surface area contributed by atoms with Crippen molar-refractivity contribution in [2.24, 2.45) is 0 Å². The van der Waals surface area contributed by atoms with E-state index in [1.165, 1.54) is 11.3 Å². The summed E-state index contributed by atoms with van der Waals surface area (Å²) in [5.41, 5.74) is 4.01. The van der Waals surface area contributed by atoms with Gasteiger partial charge in [-0.05, 0) is 43.7 Å². The highest BCUT2D eigenvalue weighted by Gasteiger charge is 2.12. The van der Waals surface area contributed by atoms with Gasteiger partial charge in [0, 0.05) is 11.1 Å². The molecule has 1 heterocycles. The van der Waals surface area contributed by atoms with Crippen molar-refractivity contribution in [3.8, 4) is 5.75 Å². The number of nitrogens with zero attached hydrogens (tertiary/aromatic N) is 1. The molecule has 0 spiro atoms. The molecule has 3 amide bonds. The molecular weight excluding hydrogens is 388 g/mol. The first-order valence-electron chi connectivity index (χ1n) is 8.96. The lowest BCUT2D eigenvalue weighted by atomic mass is 10.2. The van der Waals surface area contributed by atoms with Gasteiger partial charge in [0.05, 0.1) is 24.9 Å². The fourth-order valence-electron chi connectivity index (χ4n) is 2.62. The van der Waals surface area contributed by atoms with Crippen molar-refractivity contribution in [2.45, 2.75) is 20.3 Å². The minimum atomic E-state index is -0.385. The van der Waals surface area contributed by atoms with E-state index in [-0.39, 0.29) is 18.4 Å². The second kappa shape index (κ2) is 9.20. The molecular formula is C21H22N4O3S. The van der Waals surface area contributed by atoms with E-state index in [0.29, 0.717) is 27.9 Å². The first kappa shape index (κ1) is 20.3. The highest BCUT2D eigenvalue weighted by Crippen LogP contribution is 2.25. The van der Waals surface area contributed by atoms with Gasteiger partial charge in [0.1, 0.15) is 5.75 Å². The normalized spacial score (nSPS) is 10.3. The van der Waals surface area contributed by atoms with Crippen LogP contribution in [0.4, 0.5) is 21.3 Å². The number of aryl methyl sites for hydroxylation is 2. The Balaban J connectivity index is 1.55. The Morgan fingerprint density at radius 2 is 1.72 bits per heavy atom. The number of thiazole rings is 1. The molecule has 1 aromatic heterocycles. The van der Waals surface area contributed by atoms with Crippen molar-refractivity contribution in [2.75, 3.05) is 23.1 Å². The molecule has 29 heavy (non-hydrogen) atoms. The van der Waals surface area contributed by atoms with Gasteiger partial charge < -0.3 is 15.4 Å². The molecule has 150 valence electrons. The highest BCUT2D eigenvalue weighted by molar-refractivity contribution is 7.14. The van der Waals surface area contributed by atoms with Crippen molar-refractivity contribution in [3.63, 3.8) is 0 Å². The molecule has 0 aliphatic rings. The van der Waals surface area contributed by atoms with Gasteiger partial charge in [-0.3, -0.25) is 10.1 Å². The number of hydrogen-bond donors (Lipinski definition) is 3. The Hall–Kier alpha value is -3.39. The minimum absolute atomic E-state index is 0.0921. The van der Waals surface area contributed by atoms with E-state index in [4.69, 9.17) is 4.74 Å². The molecule has 3 N–H and O–H groups in total. The number of benzene rings is 2. The Morgan fingerprint density at radius 3 is 2.45 bits per heavy atom. The van der Waals surface area contributed by atoms with Crippen LogP contribution in [-0.4, -0.2) is 24.0 Å². The molecule has 0 aliphatic heterocycles. The van der Waals surface area contributed by atoms with E-state index in [0.717, 1.165) is 11.1 Å². The van der Waals surface area contributed by atoms with Crippen molar-refractivity contribution in [1.29, 1.82) is 0 Å². The summed E-state index contributed by atoms with van der Waals surface area (Å²) in [5.74, 6) is 0.382. The lowest BCUT2D eigenvalue weighted by molar-refractivity contribution is -0.115. The largest absolute Gasteiger partial charge is 0.495 e. The zero-order valence-electron chi connectivity index (χ0n) is 16.4. The number of carbonyl (C=O) groups excluding carboxylic acids is 2. The van der Waals surface area contributed by atoms with Gasteiger partial charge in [-0.15, -0.1) is 11.3 Å². The molecule has 0 aliphatic carbocycles. The Morgan fingerprint density at radius 1 is 1.00 bits per heavy atom. The smallest absolute Gasteiger partial charge is 0.325 e. The fourth-order valence-corrected chi connectivity index (χ4v) is 3.33. The van der Waals surface area contributed by atoms with E-state index in [2.05, 4.69) is 20.9 Å². The van der Waals surface area contributed by atoms with Gasteiger partial charge in [0.2, 0.25) is 5.91 Å². The number of amides is 3. The molecule has 0 atom stereocenters. The van der Waals surface area contributed by atoms with E-state index in [9.17, 15) is 9.59 Å². The Kier molecular flexibility index (Phi) is 6.46. The number of methoxy groups -OCH3 is 1. The predicted octanol–water partition coefficient (Wildman–Crippen LogP) is 4.59. The first-order valence-corrected chi connectivity index (χ1v) is 9.84. The van der Waals surface area contributed by atoms with Gasteiger partial charge in [-0.1, -0.05) is 23.8 Å². The lowest BCUT2D eigenvalue weighted by Crippen LogP contribution is -2.19. The SMILES string of the molecule is COc1ccc(C)cc1NC(=O)Cc1csc(NC(=O)Nc2ccc(C)cc2)n1. The molecule has 0 saturated carbocycles. The number of anilines is 3. The maximum absolute atomic E-state index is 12.4. The maximum Gasteiger partial charge on any atom is 0.325 e. The van der Waals surface area contributed by atoms with Crippen LogP contribution in [0.25, 0.3) is 0 Å². The topological polar surface area (TPSA) is 92.4 Å². The molecule has 8 heteroatoms. The standard InChI is InChI=1S/C21H22N4O3S/c1-13-4-7-15(8-5-13)22-20(27)25-21-23-16(12-29-21)11-19(26)24-17-10-14(2)6-9-18(17)28-3/h4-10,12H,11H2,1-3H3,(H,24,26)(H2,22,23,25,27). The van der Waals surface area contributed by atoms with Crippen LogP contribution in [0, 0.1) is 13.8 Å². The third-order valence-corrected chi connectivity index (χ3v) is 4.86. The summed E-state index contributed by atoms with van der Waals surface area (Å²) < 4.78 is 5.27. The molecule has 2 aromatic carbocycles. The van der Waals surface area contributed by atoms with Crippen LogP contribution in [0.2, 0.25) is 0 Å². The number of ether oxygens (including phenoxy) is 1. The third-order valence-electron chi connectivity index (χ3n) is 4.05. The van der Waals surface area contributed by atoms with E-state index in [1.807, 2.05) is 56.3 Å². The zero-order valence-corrected chi connectivity index (χ0v) is 17.2. The average molecular weight is 410 g/mol. The quantitative estimate of drug-likeness (QED) is 0.554. The number of hydrogen-bond acceptors (Lipinski definition) is 5. The number of carbonyl (C=O) groups is 2. The number of aromatic nitrogens is 1. The predicted molar refractivity (Wildman–Crippen MR) is 116 cm³/mol. The molecule has 0 fully saturated rings. The van der Waals surface area contributed by atoms with Crippen LogP contribution in [-0.2, 0) is 11.2 Å². The Labute approximate surface area is 173 Å². The van der Waals surface area contributed by atoms with E-state index < -0.39 is 0 Å². The summed E-state index contributed by atoms with van der Waals surface area (Å²) in [4.78, 5) is 28.8. The maximum atomic E-state index is 12.4. The fraction of sp³-hybridized carbons (Fsp3) is 0.190. The van der Waals surface area contributed by atoms with Crippen LogP contribution in [0.15, 0.2) is 47.8 Å². The zero-order chi connectivity index (χ0) is 20.8. The van der Waals surface area contributed by atoms with Crippen LogP contribution < -0.4 is 20.7 Å². The minimum Gasteiger partial charge on any atom is -0.495 e. The monoisotopic (exact) mass is 410 g/mol. The van der Waals surface area contributed by atoms with Crippen LogP contribution in [0.1, 0.15) is 16.8 Å². The molecule has 0 radical (unpaired) electrons. The third kappa shape index (κ3) is 5.79. The second-order valence-electron chi connectivity index (χ2n) is 6.52. The van der Waals surface area contributed by atoms with Gasteiger partial charge >= 0.3 is 6.03 Å². The molecule has 7 nitrogen and oxygen atoms in total. The van der Waals surface area contributed by atoms with Crippen LogP contribution in [0.3, 0.4) is 0 Å². The molecule has 3 aromatic rings. The first-order chi connectivity index (χ1) is 13.9. The van der Waals surface area contributed by atoms with Crippen molar-refractivity contribution in [3.05, 3.63) is 64.7 Å². The molecule has 0 unspecified atom stereocenters. The molecule has 3 rings (SSSR count). The van der Waals surface area contributed by atoms with Crippen LogP contribution in [0.5, 0.6) is 5.75 Å². The van der Waals surface area contributed by atoms with Gasteiger partial charge in [0.25, 0.3) is 0 Å². The van der Waals surface area contributed by atoms with Gasteiger partial charge in [0.15, 0.2) is 5.13 Å².